The van der Waals surface area contributed by atoms with Gasteiger partial charge in [0.05, 0.1) is 6.61 Å². The van der Waals surface area contributed by atoms with Gasteiger partial charge in [-0.1, -0.05) is 102 Å². The quantitative estimate of drug-likeness (QED) is 0.0268. The number of ether oxygens (including phenoxy) is 1. The third kappa shape index (κ3) is 31.5. The van der Waals surface area contributed by atoms with Crippen LogP contribution in [0.25, 0.3) is 0 Å². The van der Waals surface area contributed by atoms with Crippen LogP contribution in [0.15, 0.2) is 23.8 Å². The highest BCUT2D eigenvalue weighted by Gasteiger charge is 2.12. The molecule has 0 aliphatic carbocycles. The lowest BCUT2D eigenvalue weighted by molar-refractivity contribution is -0.149. The molecule has 1 amide bonds. The minimum atomic E-state index is -4.49. The zero-order chi connectivity index (χ0) is 32.0. The number of nitrogens with one attached hydrogen (secondary N) is 1. The van der Waals surface area contributed by atoms with Gasteiger partial charge in [-0.2, -0.15) is 8.42 Å². The summed E-state index contributed by atoms with van der Waals surface area (Å²) in [5.74, 6) is -0.432. The van der Waals surface area contributed by atoms with Crippen LogP contribution in [0.2, 0.25) is 0 Å². The van der Waals surface area contributed by atoms with Crippen LogP contribution in [0.1, 0.15) is 162 Å². The van der Waals surface area contributed by atoms with E-state index >= 15 is 0 Å². The molecule has 43 heavy (non-hydrogen) atoms. The first-order chi connectivity index (χ1) is 20.7. The van der Waals surface area contributed by atoms with Crippen molar-refractivity contribution < 1.29 is 31.5 Å². The van der Waals surface area contributed by atoms with Crippen molar-refractivity contribution >= 4 is 22.3 Å². The molecular weight excluding hydrogens is 566 g/mol. The summed E-state index contributed by atoms with van der Waals surface area (Å²) in [6, 6.07) is 0. The summed E-state index contributed by atoms with van der Waals surface area (Å²) in [5.41, 5.74) is 0.907. The van der Waals surface area contributed by atoms with E-state index in [1.807, 2.05) is 13.8 Å². The van der Waals surface area contributed by atoms with E-state index in [0.717, 1.165) is 50.5 Å². The standard InChI is InChI=1S/C34H63NO7S/c1-4-6-7-8-9-10-11-12-13-14-15-16-17-18-19-20-21-22-27-34(37)42-32(5-2)26-24-23-25-31(3)30-33(36)35-28-29-41-43(38,39)40/h10-11,30,32H,4-9,12-29H2,1-3H3,(H,35,36)(H,38,39,40). The van der Waals surface area contributed by atoms with E-state index in [-0.39, 0.29) is 31.1 Å². The maximum absolute atomic E-state index is 12.3. The highest BCUT2D eigenvalue weighted by Crippen LogP contribution is 2.16. The van der Waals surface area contributed by atoms with Crippen molar-refractivity contribution in [3.8, 4) is 0 Å². The van der Waals surface area contributed by atoms with Crippen LogP contribution in [0, 0.1) is 0 Å². The van der Waals surface area contributed by atoms with Crippen LogP contribution in [0.4, 0.5) is 0 Å². The molecule has 9 heteroatoms. The fourth-order valence-electron chi connectivity index (χ4n) is 4.91. The van der Waals surface area contributed by atoms with E-state index in [0.29, 0.717) is 6.42 Å². The molecule has 0 saturated carbocycles. The maximum Gasteiger partial charge on any atom is 0.397 e. The van der Waals surface area contributed by atoms with Crippen molar-refractivity contribution in [1.82, 2.24) is 5.32 Å². The number of esters is 1. The molecule has 0 aliphatic heterocycles. The van der Waals surface area contributed by atoms with Gasteiger partial charge in [0.1, 0.15) is 6.10 Å². The van der Waals surface area contributed by atoms with E-state index in [1.54, 1.807) is 0 Å². The van der Waals surface area contributed by atoms with Crippen molar-refractivity contribution in [3.05, 3.63) is 23.8 Å². The van der Waals surface area contributed by atoms with Gasteiger partial charge in [-0.3, -0.25) is 14.1 Å². The second-order valence-corrected chi connectivity index (χ2v) is 12.8. The third-order valence-corrected chi connectivity index (χ3v) is 7.97. The third-order valence-electron chi connectivity index (χ3n) is 7.50. The van der Waals surface area contributed by atoms with Gasteiger partial charge in [0.15, 0.2) is 0 Å². The Morgan fingerprint density at radius 2 is 1.30 bits per heavy atom. The number of amides is 1. The summed E-state index contributed by atoms with van der Waals surface area (Å²) in [6.07, 6.45) is 31.1. The maximum atomic E-state index is 12.3. The molecule has 0 fully saturated rings. The fourth-order valence-corrected chi connectivity index (χ4v) is 5.20. The molecule has 0 rings (SSSR count). The normalized spacial score (nSPS) is 13.0. The van der Waals surface area contributed by atoms with Gasteiger partial charge >= 0.3 is 16.4 Å². The molecule has 1 unspecified atom stereocenters. The molecule has 0 radical (unpaired) electrons. The van der Waals surface area contributed by atoms with Crippen molar-refractivity contribution in [2.45, 2.75) is 168 Å². The SMILES string of the molecule is CCCCCCC=CCCCCCCCCCCCCC(=O)OC(CC)CCCCC(C)=CC(=O)NCCOS(=O)(=O)O. The van der Waals surface area contributed by atoms with Gasteiger partial charge in [-0.25, -0.2) is 4.18 Å². The predicted molar refractivity (Wildman–Crippen MR) is 176 cm³/mol. The van der Waals surface area contributed by atoms with Crippen molar-refractivity contribution in [1.29, 1.82) is 0 Å². The van der Waals surface area contributed by atoms with Crippen LogP contribution in [-0.2, 0) is 28.9 Å². The minimum Gasteiger partial charge on any atom is -0.462 e. The molecule has 252 valence electrons. The number of unbranched alkanes of at least 4 members (excludes halogenated alkanes) is 15. The lowest BCUT2D eigenvalue weighted by Crippen LogP contribution is -2.26. The van der Waals surface area contributed by atoms with Crippen LogP contribution >= 0.6 is 0 Å². The van der Waals surface area contributed by atoms with Gasteiger partial charge in [-0.05, 0) is 71.1 Å². The zero-order valence-electron chi connectivity index (χ0n) is 27.6. The lowest BCUT2D eigenvalue weighted by atomic mass is 10.0. The zero-order valence-corrected chi connectivity index (χ0v) is 28.4. The Kier molecular flexibility index (Phi) is 27.9. The minimum absolute atomic E-state index is 0.0239. The summed E-state index contributed by atoms with van der Waals surface area (Å²) in [4.78, 5) is 24.1. The molecule has 0 spiro atoms. The van der Waals surface area contributed by atoms with Crippen molar-refractivity contribution in [2.75, 3.05) is 13.2 Å². The number of hydrogen-bond donors (Lipinski definition) is 2. The number of allylic oxidation sites excluding steroid dienone is 3. The highest BCUT2D eigenvalue weighted by molar-refractivity contribution is 7.80. The summed E-state index contributed by atoms with van der Waals surface area (Å²) < 4.78 is 39.3. The molecule has 0 aliphatic rings. The van der Waals surface area contributed by atoms with Crippen molar-refractivity contribution in [2.24, 2.45) is 0 Å². The summed E-state index contributed by atoms with van der Waals surface area (Å²) in [5, 5.41) is 2.50. The van der Waals surface area contributed by atoms with E-state index in [1.165, 1.54) is 96.0 Å². The monoisotopic (exact) mass is 629 g/mol. The molecule has 0 saturated heterocycles. The number of carbonyl (C=O) groups is 2. The van der Waals surface area contributed by atoms with Crippen molar-refractivity contribution in [3.63, 3.8) is 0 Å². The van der Waals surface area contributed by atoms with Gasteiger partial charge in [-0.15, -0.1) is 0 Å². The molecule has 2 N–H and O–H groups in total. The second-order valence-electron chi connectivity index (χ2n) is 11.7. The highest BCUT2D eigenvalue weighted by atomic mass is 32.3. The van der Waals surface area contributed by atoms with Gasteiger partial charge < -0.3 is 10.1 Å². The Hall–Kier alpha value is -1.71. The first-order valence-corrected chi connectivity index (χ1v) is 18.5. The largest absolute Gasteiger partial charge is 0.462 e. The molecule has 1 atom stereocenters. The Balaban J connectivity index is 3.68. The van der Waals surface area contributed by atoms with Crippen LogP contribution in [0.3, 0.4) is 0 Å². The average molecular weight is 630 g/mol. The van der Waals surface area contributed by atoms with Gasteiger partial charge in [0.25, 0.3) is 0 Å². The Labute approximate surface area is 263 Å². The van der Waals surface area contributed by atoms with E-state index < -0.39 is 10.4 Å². The lowest BCUT2D eigenvalue weighted by Gasteiger charge is -2.16. The summed E-state index contributed by atoms with van der Waals surface area (Å²) in [7, 11) is -4.49. The number of hydrogen-bond acceptors (Lipinski definition) is 6. The first kappa shape index (κ1) is 41.3. The Morgan fingerprint density at radius 1 is 0.767 bits per heavy atom. The Bertz CT molecular complexity index is 855. The molecule has 0 aromatic heterocycles. The van der Waals surface area contributed by atoms with Gasteiger partial charge in [0, 0.05) is 19.0 Å². The predicted octanol–water partition coefficient (Wildman–Crippen LogP) is 8.96. The summed E-state index contributed by atoms with van der Waals surface area (Å²) in [6.45, 7) is 5.81. The molecule has 0 bridgehead atoms. The fraction of sp³-hybridized carbons (Fsp3) is 0.824. The number of carbonyl (C=O) groups excluding carboxylic acids is 2. The second kappa shape index (κ2) is 29.0. The van der Waals surface area contributed by atoms with Crippen LogP contribution < -0.4 is 5.32 Å². The Morgan fingerprint density at radius 3 is 1.86 bits per heavy atom. The summed E-state index contributed by atoms with van der Waals surface area (Å²) >= 11 is 0. The van der Waals surface area contributed by atoms with Crippen LogP contribution in [0.5, 0.6) is 0 Å². The van der Waals surface area contributed by atoms with Gasteiger partial charge in [0.2, 0.25) is 5.91 Å². The molecular formula is C34H63NO7S. The first-order valence-electron chi connectivity index (χ1n) is 17.1. The van der Waals surface area contributed by atoms with E-state index in [9.17, 15) is 18.0 Å². The number of rotatable bonds is 30. The molecule has 0 aromatic carbocycles. The molecule has 0 aromatic rings. The van der Waals surface area contributed by atoms with E-state index in [4.69, 9.17) is 9.29 Å². The van der Waals surface area contributed by atoms with E-state index in [2.05, 4.69) is 28.6 Å². The average Bonchev–Trinajstić information content (AvgIpc) is 2.95. The smallest absolute Gasteiger partial charge is 0.397 e. The molecule has 8 nitrogen and oxygen atoms in total. The van der Waals surface area contributed by atoms with Crippen LogP contribution in [-0.4, -0.2) is 44.1 Å². The molecule has 0 heterocycles. The topological polar surface area (TPSA) is 119 Å².